The zero-order valence-electron chi connectivity index (χ0n) is 8.31. The van der Waals surface area contributed by atoms with Gasteiger partial charge >= 0.3 is 6.18 Å². The lowest BCUT2D eigenvalue weighted by Crippen LogP contribution is -2.19. The van der Waals surface area contributed by atoms with Crippen LogP contribution in [0.1, 0.15) is 17.2 Å². The van der Waals surface area contributed by atoms with Gasteiger partial charge in [-0.3, -0.25) is 0 Å². The molecular weight excluding hydrogens is 239 g/mol. The van der Waals surface area contributed by atoms with Crippen molar-refractivity contribution in [1.82, 2.24) is 4.98 Å². The average molecular weight is 247 g/mol. The molecule has 0 saturated heterocycles. The summed E-state index contributed by atoms with van der Waals surface area (Å²) in [5, 5.41) is 26.8. The van der Waals surface area contributed by atoms with Gasteiger partial charge in [-0.1, -0.05) is 0 Å². The van der Waals surface area contributed by atoms with Crippen LogP contribution in [0.15, 0.2) is 12.3 Å². The van der Waals surface area contributed by atoms with Crippen molar-refractivity contribution in [2.45, 2.75) is 18.4 Å². The first-order valence-corrected chi connectivity index (χ1v) is 4.35. The second-order valence-corrected chi connectivity index (χ2v) is 3.21. The number of nitrogens with zero attached hydrogens (tertiary/aromatic N) is 2. The molecule has 1 rings (SSSR count). The van der Waals surface area contributed by atoms with E-state index in [1.54, 1.807) is 0 Å². The van der Waals surface area contributed by atoms with Gasteiger partial charge in [0.05, 0.1) is 11.6 Å². The van der Waals surface area contributed by atoms with E-state index in [2.05, 4.69) is 4.98 Å². The Morgan fingerprint density at radius 1 is 1.41 bits per heavy atom. The van der Waals surface area contributed by atoms with Crippen LogP contribution in [0.5, 0.6) is 0 Å². The number of anilines is 1. The zero-order chi connectivity index (χ0) is 13.2. The van der Waals surface area contributed by atoms with Crippen molar-refractivity contribution in [2.75, 3.05) is 5.73 Å². The van der Waals surface area contributed by atoms with Crippen molar-refractivity contribution in [2.24, 2.45) is 0 Å². The summed E-state index contributed by atoms with van der Waals surface area (Å²) in [7, 11) is 0. The van der Waals surface area contributed by atoms with E-state index in [1.807, 2.05) is 0 Å². The van der Waals surface area contributed by atoms with E-state index >= 15 is 0 Å². The van der Waals surface area contributed by atoms with Gasteiger partial charge in [-0.25, -0.2) is 4.98 Å². The number of nitrogens with two attached hydrogens (primary N) is 1. The summed E-state index contributed by atoms with van der Waals surface area (Å²) >= 11 is 0. The van der Waals surface area contributed by atoms with Crippen LogP contribution in [0, 0.1) is 11.3 Å². The van der Waals surface area contributed by atoms with Crippen LogP contribution >= 0.6 is 0 Å². The van der Waals surface area contributed by atoms with Gasteiger partial charge < -0.3 is 15.9 Å². The van der Waals surface area contributed by atoms with Crippen LogP contribution in [0.2, 0.25) is 0 Å². The quantitative estimate of drug-likeness (QED) is 0.664. The number of aliphatic hydroxyl groups excluding tert-OH is 2. The maximum Gasteiger partial charge on any atom is 0.417 e. The fraction of sp³-hybridized carbons (Fsp3) is 0.333. The molecule has 17 heavy (non-hydrogen) atoms. The van der Waals surface area contributed by atoms with E-state index in [4.69, 9.17) is 16.1 Å². The smallest absolute Gasteiger partial charge is 0.384 e. The molecule has 0 radical (unpaired) electrons. The molecule has 1 aromatic heterocycles. The third kappa shape index (κ3) is 2.83. The molecule has 2 unspecified atom stereocenters. The Kier molecular flexibility index (Phi) is 3.55. The van der Waals surface area contributed by atoms with E-state index < -0.39 is 29.5 Å². The van der Waals surface area contributed by atoms with Crippen molar-refractivity contribution >= 4 is 5.82 Å². The minimum absolute atomic E-state index is 0.375. The molecule has 0 aliphatic carbocycles. The third-order valence-electron chi connectivity index (χ3n) is 2.03. The zero-order valence-corrected chi connectivity index (χ0v) is 8.31. The van der Waals surface area contributed by atoms with Gasteiger partial charge in [0, 0.05) is 11.8 Å². The average Bonchev–Trinajstić information content (AvgIpc) is 2.26. The maximum absolute atomic E-state index is 12.4. The number of halogens is 3. The van der Waals surface area contributed by atoms with Crippen LogP contribution < -0.4 is 5.73 Å². The molecule has 0 aliphatic heterocycles. The van der Waals surface area contributed by atoms with Gasteiger partial charge in [0.25, 0.3) is 0 Å². The summed E-state index contributed by atoms with van der Waals surface area (Å²) in [6.45, 7) is 0. The van der Waals surface area contributed by atoms with Crippen LogP contribution in [0.4, 0.5) is 19.0 Å². The first-order chi connectivity index (χ1) is 7.77. The van der Waals surface area contributed by atoms with Crippen LogP contribution in [0.25, 0.3) is 0 Å². The molecule has 4 N–H and O–H groups in total. The number of nitrogen functional groups attached to an aromatic ring is 1. The number of aliphatic hydroxyl groups is 2. The van der Waals surface area contributed by atoms with E-state index in [0.29, 0.717) is 12.3 Å². The summed E-state index contributed by atoms with van der Waals surface area (Å²) < 4.78 is 37.1. The molecule has 0 aromatic carbocycles. The second-order valence-electron chi connectivity index (χ2n) is 3.21. The van der Waals surface area contributed by atoms with E-state index in [1.165, 1.54) is 6.07 Å². The van der Waals surface area contributed by atoms with E-state index in [9.17, 15) is 18.3 Å². The Morgan fingerprint density at radius 2 is 2.00 bits per heavy atom. The van der Waals surface area contributed by atoms with Gasteiger partial charge in [0.1, 0.15) is 11.9 Å². The van der Waals surface area contributed by atoms with Crippen LogP contribution in [-0.4, -0.2) is 21.3 Å². The summed E-state index contributed by atoms with van der Waals surface area (Å²) in [5.74, 6) is -0.375. The fourth-order valence-electron chi connectivity index (χ4n) is 1.12. The monoisotopic (exact) mass is 247 g/mol. The van der Waals surface area contributed by atoms with Gasteiger partial charge in [-0.05, 0) is 6.07 Å². The third-order valence-corrected chi connectivity index (χ3v) is 2.03. The van der Waals surface area contributed by atoms with Crippen molar-refractivity contribution in [3.8, 4) is 6.07 Å². The molecular formula is C9H8F3N3O2. The molecule has 0 spiro atoms. The van der Waals surface area contributed by atoms with Crippen molar-refractivity contribution in [3.63, 3.8) is 0 Å². The number of rotatable bonds is 2. The molecule has 0 aliphatic rings. The molecule has 1 aromatic rings. The van der Waals surface area contributed by atoms with Crippen molar-refractivity contribution < 1.29 is 23.4 Å². The summed E-state index contributed by atoms with van der Waals surface area (Å²) in [4.78, 5) is 3.26. The van der Waals surface area contributed by atoms with Crippen molar-refractivity contribution in [3.05, 3.63) is 23.4 Å². The Labute approximate surface area is 93.9 Å². The summed E-state index contributed by atoms with van der Waals surface area (Å²) in [5.41, 5.74) is 3.71. The fourth-order valence-corrected chi connectivity index (χ4v) is 1.12. The Balaban J connectivity index is 3.21. The molecule has 0 bridgehead atoms. The van der Waals surface area contributed by atoms with Gasteiger partial charge in [-0.2, -0.15) is 18.4 Å². The number of hydrogen-bond donors (Lipinski definition) is 3. The van der Waals surface area contributed by atoms with Gasteiger partial charge in [0.2, 0.25) is 0 Å². The van der Waals surface area contributed by atoms with Gasteiger partial charge in [-0.15, -0.1) is 0 Å². The van der Waals surface area contributed by atoms with Crippen LogP contribution in [-0.2, 0) is 6.18 Å². The van der Waals surface area contributed by atoms with Gasteiger partial charge in [0.15, 0.2) is 6.10 Å². The Hall–Kier alpha value is -1.85. The predicted molar refractivity (Wildman–Crippen MR) is 50.2 cm³/mol. The maximum atomic E-state index is 12.4. The number of hydrogen-bond acceptors (Lipinski definition) is 5. The highest BCUT2D eigenvalue weighted by Gasteiger charge is 2.33. The number of aromatic nitrogens is 1. The highest BCUT2D eigenvalue weighted by atomic mass is 19.4. The normalized spacial score (nSPS) is 15.1. The largest absolute Gasteiger partial charge is 0.417 e. The molecule has 2 atom stereocenters. The molecule has 0 fully saturated rings. The minimum Gasteiger partial charge on any atom is -0.384 e. The Bertz CT molecular complexity index is 456. The summed E-state index contributed by atoms with van der Waals surface area (Å²) in [6.07, 6.45) is -7.85. The van der Waals surface area contributed by atoms with E-state index in [0.717, 1.165) is 0 Å². The lowest BCUT2D eigenvalue weighted by Gasteiger charge is -2.15. The Morgan fingerprint density at radius 3 is 2.47 bits per heavy atom. The van der Waals surface area contributed by atoms with Crippen LogP contribution in [0.3, 0.4) is 0 Å². The molecule has 1 heterocycles. The summed E-state index contributed by atoms with van der Waals surface area (Å²) in [6, 6.07) is 1.84. The number of pyridine rings is 1. The first-order valence-electron chi connectivity index (χ1n) is 4.35. The molecule has 0 saturated carbocycles. The molecule has 0 amide bonds. The topological polar surface area (TPSA) is 103 Å². The highest BCUT2D eigenvalue weighted by molar-refractivity contribution is 5.44. The standard InChI is InChI=1S/C9H8F3N3O2/c10-9(11,12)4-1-5(8(14)15-3-4)7(17)6(16)2-13/h1,3,6-7,16-17H,(H2,14,15). The first kappa shape index (κ1) is 13.2. The lowest BCUT2D eigenvalue weighted by atomic mass is 10.0. The predicted octanol–water partition coefficient (Wildman–Crippen LogP) is 0.600. The molecule has 5 nitrogen and oxygen atoms in total. The number of alkyl halides is 3. The highest BCUT2D eigenvalue weighted by Crippen LogP contribution is 2.32. The molecule has 8 heteroatoms. The number of nitriles is 1. The second kappa shape index (κ2) is 4.57. The van der Waals surface area contributed by atoms with Crippen molar-refractivity contribution in [1.29, 1.82) is 5.26 Å². The SMILES string of the molecule is N#CC(O)C(O)c1cc(C(F)(F)F)cnc1N. The van der Waals surface area contributed by atoms with E-state index in [-0.39, 0.29) is 5.82 Å². The minimum atomic E-state index is -4.65. The lowest BCUT2D eigenvalue weighted by molar-refractivity contribution is -0.137. The molecule has 92 valence electrons.